The highest BCUT2D eigenvalue weighted by Gasteiger charge is 2.24. The summed E-state index contributed by atoms with van der Waals surface area (Å²) in [5.41, 5.74) is -0.186. The fraction of sp³-hybridized carbons (Fsp3) is 0.0769. The molecular formula is C13H4Cl5F3O. The maximum absolute atomic E-state index is 13.5. The van der Waals surface area contributed by atoms with E-state index in [0.717, 1.165) is 18.2 Å². The summed E-state index contributed by atoms with van der Waals surface area (Å²) < 4.78 is 42.8. The van der Waals surface area contributed by atoms with Gasteiger partial charge in [-0.1, -0.05) is 58.0 Å². The van der Waals surface area contributed by atoms with Crippen LogP contribution in [0.2, 0.25) is 25.1 Å². The SMILES string of the molecule is Fc1ccc(OC(F)F)c(-c2c(Cl)c(Cl)c(Cl)c(Cl)c2Cl)c1. The summed E-state index contributed by atoms with van der Waals surface area (Å²) in [5, 5.41) is -0.702. The minimum absolute atomic E-state index is 0.0575. The average Bonchev–Trinajstić information content (AvgIpc) is 2.45. The molecule has 0 saturated heterocycles. The number of halogens is 8. The Morgan fingerprint density at radius 2 is 1.32 bits per heavy atom. The monoisotopic (exact) mass is 408 g/mol. The van der Waals surface area contributed by atoms with Crippen LogP contribution in [0.3, 0.4) is 0 Å². The number of hydrogen-bond donors (Lipinski definition) is 0. The van der Waals surface area contributed by atoms with Crippen LogP contribution in [0, 0.1) is 5.82 Å². The Morgan fingerprint density at radius 1 is 0.818 bits per heavy atom. The summed E-state index contributed by atoms with van der Waals surface area (Å²) in [6, 6.07) is 2.88. The van der Waals surface area contributed by atoms with Crippen molar-refractivity contribution < 1.29 is 17.9 Å². The summed E-state index contributed by atoms with van der Waals surface area (Å²) >= 11 is 29.8. The quantitative estimate of drug-likeness (QED) is 0.379. The van der Waals surface area contributed by atoms with E-state index in [1.165, 1.54) is 0 Å². The molecular weight excluding hydrogens is 406 g/mol. The Labute approximate surface area is 148 Å². The minimum Gasteiger partial charge on any atom is -0.434 e. The molecule has 118 valence electrons. The first kappa shape index (κ1) is 17.8. The summed E-state index contributed by atoms with van der Waals surface area (Å²) in [6.45, 7) is -3.12. The fourth-order valence-electron chi connectivity index (χ4n) is 1.74. The van der Waals surface area contributed by atoms with E-state index in [0.29, 0.717) is 0 Å². The summed E-state index contributed by atoms with van der Waals surface area (Å²) in [5.74, 6) is -1.05. The molecule has 0 amide bonds. The molecule has 0 aliphatic carbocycles. The topological polar surface area (TPSA) is 9.23 Å². The van der Waals surface area contributed by atoms with Gasteiger partial charge < -0.3 is 4.74 Å². The van der Waals surface area contributed by atoms with E-state index in [2.05, 4.69) is 4.74 Å². The van der Waals surface area contributed by atoms with Gasteiger partial charge in [-0.25, -0.2) is 4.39 Å². The van der Waals surface area contributed by atoms with Gasteiger partial charge in [0.05, 0.1) is 25.1 Å². The van der Waals surface area contributed by atoms with Crippen molar-refractivity contribution >= 4 is 58.0 Å². The molecule has 0 N–H and O–H groups in total. The fourth-order valence-corrected chi connectivity index (χ4v) is 3.08. The van der Waals surface area contributed by atoms with E-state index in [1.54, 1.807) is 0 Å². The third-order valence-corrected chi connectivity index (χ3v) is 4.91. The van der Waals surface area contributed by atoms with Crippen LogP contribution in [0.25, 0.3) is 11.1 Å². The van der Waals surface area contributed by atoms with E-state index in [4.69, 9.17) is 58.0 Å². The molecule has 0 spiro atoms. The summed E-state index contributed by atoms with van der Waals surface area (Å²) in [6.07, 6.45) is 0. The molecule has 2 aromatic carbocycles. The van der Waals surface area contributed by atoms with Crippen molar-refractivity contribution in [2.45, 2.75) is 6.61 Å². The molecule has 0 radical (unpaired) electrons. The van der Waals surface area contributed by atoms with Crippen molar-refractivity contribution in [3.8, 4) is 16.9 Å². The Morgan fingerprint density at radius 3 is 1.82 bits per heavy atom. The van der Waals surface area contributed by atoms with Crippen molar-refractivity contribution in [3.63, 3.8) is 0 Å². The van der Waals surface area contributed by atoms with Gasteiger partial charge in [-0.2, -0.15) is 8.78 Å². The van der Waals surface area contributed by atoms with Gasteiger partial charge in [0.2, 0.25) is 0 Å². The van der Waals surface area contributed by atoms with E-state index in [9.17, 15) is 13.2 Å². The molecule has 0 atom stereocenters. The molecule has 0 aliphatic rings. The first-order chi connectivity index (χ1) is 10.2. The molecule has 0 aliphatic heterocycles. The minimum atomic E-state index is -3.12. The molecule has 0 aromatic heterocycles. The highest BCUT2D eigenvalue weighted by atomic mass is 35.5. The molecule has 9 heteroatoms. The van der Waals surface area contributed by atoms with Crippen LogP contribution in [0.15, 0.2) is 18.2 Å². The highest BCUT2D eigenvalue weighted by molar-refractivity contribution is 6.56. The Balaban J connectivity index is 2.79. The van der Waals surface area contributed by atoms with Crippen molar-refractivity contribution in [3.05, 3.63) is 49.1 Å². The Hall–Kier alpha value is -0.520. The van der Waals surface area contributed by atoms with Gasteiger partial charge in [-0.3, -0.25) is 0 Å². The summed E-state index contributed by atoms with van der Waals surface area (Å²) in [4.78, 5) is 0. The van der Waals surface area contributed by atoms with Gasteiger partial charge in [-0.05, 0) is 18.2 Å². The molecule has 22 heavy (non-hydrogen) atoms. The maximum atomic E-state index is 13.5. The van der Waals surface area contributed by atoms with E-state index < -0.39 is 12.4 Å². The van der Waals surface area contributed by atoms with Gasteiger partial charge in [-0.15, -0.1) is 0 Å². The van der Waals surface area contributed by atoms with Crippen molar-refractivity contribution in [2.75, 3.05) is 0 Å². The van der Waals surface area contributed by atoms with Crippen LogP contribution < -0.4 is 4.74 Å². The lowest BCUT2D eigenvalue weighted by atomic mass is 10.0. The molecule has 2 aromatic rings. The number of benzene rings is 2. The van der Waals surface area contributed by atoms with E-state index in [-0.39, 0.29) is 42.0 Å². The normalized spacial score (nSPS) is 11.1. The van der Waals surface area contributed by atoms with Crippen molar-refractivity contribution in [2.24, 2.45) is 0 Å². The average molecular weight is 410 g/mol. The van der Waals surface area contributed by atoms with Crippen LogP contribution in [0.4, 0.5) is 13.2 Å². The first-order valence-electron chi connectivity index (χ1n) is 5.50. The maximum Gasteiger partial charge on any atom is 0.387 e. The van der Waals surface area contributed by atoms with Gasteiger partial charge in [0, 0.05) is 11.1 Å². The molecule has 0 heterocycles. The smallest absolute Gasteiger partial charge is 0.387 e. The molecule has 0 saturated carbocycles. The number of ether oxygens (including phenoxy) is 1. The standard InChI is InChI=1S/C13H4Cl5F3O/c14-8-7(9(15)11(17)12(18)10(8)16)5-3-4(19)1-2-6(5)22-13(20)21/h1-3,13H. The van der Waals surface area contributed by atoms with Gasteiger partial charge in [0.1, 0.15) is 11.6 Å². The van der Waals surface area contributed by atoms with Crippen LogP contribution in [-0.4, -0.2) is 6.61 Å². The highest BCUT2D eigenvalue weighted by Crippen LogP contribution is 2.50. The van der Waals surface area contributed by atoms with Crippen LogP contribution in [-0.2, 0) is 0 Å². The Bertz CT molecular complexity index is 707. The molecule has 0 bridgehead atoms. The third-order valence-electron chi connectivity index (χ3n) is 2.64. The molecule has 0 fully saturated rings. The third kappa shape index (κ3) is 3.36. The molecule has 0 unspecified atom stereocenters. The van der Waals surface area contributed by atoms with Gasteiger partial charge in [0.15, 0.2) is 0 Å². The molecule has 1 nitrogen and oxygen atoms in total. The zero-order valence-corrected chi connectivity index (χ0v) is 14.0. The lowest BCUT2D eigenvalue weighted by molar-refractivity contribution is -0.0494. The number of hydrogen-bond acceptors (Lipinski definition) is 1. The zero-order chi connectivity index (χ0) is 16.6. The lowest BCUT2D eigenvalue weighted by Gasteiger charge is -2.16. The van der Waals surface area contributed by atoms with Crippen LogP contribution in [0.1, 0.15) is 0 Å². The van der Waals surface area contributed by atoms with Crippen molar-refractivity contribution in [1.82, 2.24) is 0 Å². The Kier molecular flexibility index (Phi) is 5.62. The van der Waals surface area contributed by atoms with Crippen LogP contribution in [0.5, 0.6) is 5.75 Å². The second kappa shape index (κ2) is 6.93. The largest absolute Gasteiger partial charge is 0.434 e. The number of rotatable bonds is 3. The predicted molar refractivity (Wildman–Crippen MR) is 83.5 cm³/mol. The van der Waals surface area contributed by atoms with Gasteiger partial charge >= 0.3 is 6.61 Å². The van der Waals surface area contributed by atoms with Gasteiger partial charge in [0.25, 0.3) is 0 Å². The van der Waals surface area contributed by atoms with E-state index in [1.807, 2.05) is 0 Å². The van der Waals surface area contributed by atoms with Crippen molar-refractivity contribution in [1.29, 1.82) is 0 Å². The number of alkyl halides is 2. The zero-order valence-electron chi connectivity index (χ0n) is 10.2. The summed E-state index contributed by atoms with van der Waals surface area (Å²) in [7, 11) is 0. The predicted octanol–water partition coefficient (Wildman–Crippen LogP) is 7.36. The van der Waals surface area contributed by atoms with Crippen LogP contribution >= 0.6 is 58.0 Å². The second-order valence-corrected chi connectivity index (χ2v) is 5.85. The lowest BCUT2D eigenvalue weighted by Crippen LogP contribution is -2.04. The molecule has 2 rings (SSSR count). The second-order valence-electron chi connectivity index (χ2n) is 3.96. The van der Waals surface area contributed by atoms with E-state index >= 15 is 0 Å². The first-order valence-corrected chi connectivity index (χ1v) is 7.39.